The van der Waals surface area contributed by atoms with Crippen LogP contribution in [0.15, 0.2) is 36.4 Å². The molecule has 2 saturated heterocycles. The summed E-state index contributed by atoms with van der Waals surface area (Å²) in [6.45, 7) is 2.92. The van der Waals surface area contributed by atoms with E-state index >= 15 is 0 Å². The molecule has 0 radical (unpaired) electrons. The van der Waals surface area contributed by atoms with Crippen LogP contribution in [0.4, 0.5) is 5.69 Å². The van der Waals surface area contributed by atoms with E-state index in [1.54, 1.807) is 17.0 Å². The van der Waals surface area contributed by atoms with Crippen LogP contribution in [0.1, 0.15) is 44.7 Å². The van der Waals surface area contributed by atoms with Gasteiger partial charge in [-0.3, -0.25) is 39.5 Å². The lowest BCUT2D eigenvalue weighted by Gasteiger charge is -2.33. The summed E-state index contributed by atoms with van der Waals surface area (Å²) < 4.78 is 5.07. The smallest absolute Gasteiger partial charge is 0.310 e. The van der Waals surface area contributed by atoms with Gasteiger partial charge >= 0.3 is 5.69 Å². The maximum absolute atomic E-state index is 13.0. The van der Waals surface area contributed by atoms with E-state index in [4.69, 9.17) is 4.74 Å². The monoisotopic (exact) mass is 545 g/mol. The molecule has 0 aliphatic carbocycles. The molecule has 0 spiro atoms. The average Bonchev–Trinajstić information content (AvgIpc) is 3.29. The number of imide groups is 1. The minimum atomic E-state index is -0.676. The highest BCUT2D eigenvalue weighted by Crippen LogP contribution is 2.30. The molecule has 0 saturated carbocycles. The van der Waals surface area contributed by atoms with Crippen molar-refractivity contribution in [3.63, 3.8) is 0 Å². The van der Waals surface area contributed by atoms with E-state index in [9.17, 15) is 29.3 Å². The topological polar surface area (TPSA) is 142 Å². The molecule has 2 fully saturated rings. The normalized spacial score (nSPS) is 19.0. The van der Waals surface area contributed by atoms with Gasteiger partial charge in [-0.15, -0.1) is 0 Å². The number of piperazine rings is 1. The highest BCUT2D eigenvalue weighted by molar-refractivity contribution is 6.05. The minimum absolute atomic E-state index is 0.0408. The summed E-state index contributed by atoms with van der Waals surface area (Å²) in [5, 5.41) is 13.4. The Kier molecular flexibility index (Phi) is 7.48. The Morgan fingerprint density at radius 2 is 1.93 bits per heavy atom. The summed E-state index contributed by atoms with van der Waals surface area (Å²) >= 11 is 0. The molecule has 12 nitrogen and oxygen atoms in total. The Balaban J connectivity index is 1.19. The number of nitro groups is 1. The van der Waals surface area contributed by atoms with Crippen LogP contribution < -0.4 is 10.1 Å². The molecule has 5 rings (SSSR count). The number of hydrogen-bond donors (Lipinski definition) is 1. The maximum Gasteiger partial charge on any atom is 0.310 e. The lowest BCUT2D eigenvalue weighted by Crippen LogP contribution is -2.52. The van der Waals surface area contributed by atoms with Gasteiger partial charge in [-0.25, -0.2) is 0 Å². The maximum atomic E-state index is 13.0. The lowest BCUT2D eigenvalue weighted by molar-refractivity contribution is -0.385. The molecule has 1 unspecified atom stereocenters. The Hall–Kier alpha value is -4.76. The van der Waals surface area contributed by atoms with Gasteiger partial charge in [-0.05, 0) is 30.2 Å². The van der Waals surface area contributed by atoms with E-state index < -0.39 is 16.9 Å². The van der Waals surface area contributed by atoms with Crippen LogP contribution in [0.2, 0.25) is 0 Å². The number of methoxy groups -OCH3 is 1. The molecular formula is C28H27N5O7. The largest absolute Gasteiger partial charge is 0.490 e. The van der Waals surface area contributed by atoms with Crippen molar-refractivity contribution in [2.75, 3.05) is 39.8 Å². The molecule has 2 aromatic rings. The number of piperidine rings is 1. The highest BCUT2D eigenvalue weighted by atomic mass is 16.6. The predicted octanol–water partition coefficient (Wildman–Crippen LogP) is 1.17. The molecule has 12 heteroatoms. The number of nitro benzene ring substituents is 1. The minimum Gasteiger partial charge on any atom is -0.490 e. The van der Waals surface area contributed by atoms with Crippen LogP contribution >= 0.6 is 0 Å². The number of amides is 4. The Bertz CT molecular complexity index is 1470. The van der Waals surface area contributed by atoms with E-state index in [0.29, 0.717) is 50.3 Å². The van der Waals surface area contributed by atoms with Crippen molar-refractivity contribution in [2.45, 2.75) is 25.4 Å². The van der Waals surface area contributed by atoms with E-state index in [1.807, 2.05) is 6.07 Å². The summed E-state index contributed by atoms with van der Waals surface area (Å²) in [5.74, 6) is 5.15. The van der Waals surface area contributed by atoms with Crippen molar-refractivity contribution in [1.29, 1.82) is 0 Å². The molecule has 40 heavy (non-hydrogen) atoms. The Morgan fingerprint density at radius 3 is 2.62 bits per heavy atom. The first-order chi connectivity index (χ1) is 19.3. The van der Waals surface area contributed by atoms with Crippen molar-refractivity contribution in [1.82, 2.24) is 20.0 Å². The SMILES string of the molecule is COc1cc(C(=O)N2CCN(CC#Cc3cccc4c3CN(C3CCC(=O)NC3=O)C4=O)CC2)ccc1[N+](=O)[O-]. The van der Waals surface area contributed by atoms with Crippen molar-refractivity contribution in [3.05, 3.63) is 68.8 Å². The predicted molar refractivity (Wildman–Crippen MR) is 141 cm³/mol. The van der Waals surface area contributed by atoms with E-state index in [0.717, 1.165) is 11.1 Å². The van der Waals surface area contributed by atoms with E-state index in [1.165, 1.54) is 30.2 Å². The number of carbonyl (C=O) groups is 4. The molecule has 0 bridgehead atoms. The third kappa shape index (κ3) is 5.23. The summed E-state index contributed by atoms with van der Waals surface area (Å²) in [6, 6.07) is 8.77. The number of carbonyl (C=O) groups excluding carboxylic acids is 4. The molecule has 4 amide bonds. The van der Waals surface area contributed by atoms with Gasteiger partial charge in [0.15, 0.2) is 5.75 Å². The molecule has 3 aliphatic heterocycles. The zero-order valence-electron chi connectivity index (χ0n) is 21.8. The third-order valence-electron chi connectivity index (χ3n) is 7.39. The number of nitrogens with one attached hydrogen (secondary N) is 1. The number of benzene rings is 2. The lowest BCUT2D eigenvalue weighted by atomic mass is 10.0. The van der Waals surface area contributed by atoms with Gasteiger partial charge in [0, 0.05) is 68.0 Å². The van der Waals surface area contributed by atoms with Crippen molar-refractivity contribution in [3.8, 4) is 17.6 Å². The van der Waals surface area contributed by atoms with Gasteiger partial charge in [0.1, 0.15) is 6.04 Å². The highest BCUT2D eigenvalue weighted by Gasteiger charge is 2.39. The molecule has 1 N–H and O–H groups in total. The van der Waals surface area contributed by atoms with Crippen molar-refractivity contribution in [2.24, 2.45) is 0 Å². The summed E-state index contributed by atoms with van der Waals surface area (Å²) in [7, 11) is 1.33. The van der Waals surface area contributed by atoms with Crippen LogP contribution in [0.3, 0.4) is 0 Å². The Morgan fingerprint density at radius 1 is 1.15 bits per heavy atom. The fraction of sp³-hybridized carbons (Fsp3) is 0.357. The first kappa shape index (κ1) is 26.8. The molecule has 206 valence electrons. The standard InChI is InChI=1S/C28H27N5O7/c1-40-24-16-19(7-8-22(24)33(38)39)27(36)31-14-12-30(13-15-31)11-3-5-18-4-2-6-20-21(18)17-32(28(20)37)23-9-10-25(34)29-26(23)35/h2,4,6-8,16,23H,9-15,17H2,1H3,(H,29,34,35). The summed E-state index contributed by atoms with van der Waals surface area (Å²) in [6.07, 6.45) is 0.502. The van der Waals surface area contributed by atoms with Crippen LogP contribution in [-0.2, 0) is 16.1 Å². The first-order valence-corrected chi connectivity index (χ1v) is 12.9. The second kappa shape index (κ2) is 11.2. The number of hydrogen-bond acceptors (Lipinski definition) is 8. The molecule has 2 aromatic carbocycles. The molecular weight excluding hydrogens is 518 g/mol. The third-order valence-corrected chi connectivity index (χ3v) is 7.39. The fourth-order valence-electron chi connectivity index (χ4n) is 5.20. The number of rotatable bonds is 5. The van der Waals surface area contributed by atoms with Gasteiger partial charge in [0.25, 0.3) is 11.8 Å². The zero-order chi connectivity index (χ0) is 28.4. The second-order valence-electron chi connectivity index (χ2n) is 9.75. The van der Waals surface area contributed by atoms with Gasteiger partial charge in [-0.2, -0.15) is 0 Å². The zero-order valence-corrected chi connectivity index (χ0v) is 21.8. The quantitative estimate of drug-likeness (QED) is 0.255. The molecule has 0 aromatic heterocycles. The number of nitrogens with zero attached hydrogens (tertiary/aromatic N) is 4. The molecule has 3 aliphatic rings. The number of fused-ring (bicyclic) bond motifs is 1. The van der Waals surface area contributed by atoms with Crippen molar-refractivity contribution < 1.29 is 28.8 Å². The average molecular weight is 546 g/mol. The van der Waals surface area contributed by atoms with Crippen LogP contribution in [0, 0.1) is 22.0 Å². The van der Waals surface area contributed by atoms with Crippen molar-refractivity contribution >= 4 is 29.3 Å². The summed E-state index contributed by atoms with van der Waals surface area (Å²) in [4.78, 5) is 65.7. The number of ether oxygens (including phenoxy) is 1. The molecule has 1 atom stereocenters. The van der Waals surface area contributed by atoms with Gasteiger partial charge < -0.3 is 14.5 Å². The van der Waals surface area contributed by atoms with Crippen LogP contribution in [0.5, 0.6) is 5.75 Å². The van der Waals surface area contributed by atoms with E-state index in [2.05, 4.69) is 22.1 Å². The van der Waals surface area contributed by atoms with Gasteiger partial charge in [0.2, 0.25) is 11.8 Å². The summed E-state index contributed by atoms with van der Waals surface area (Å²) in [5.41, 5.74) is 2.15. The first-order valence-electron chi connectivity index (χ1n) is 12.9. The van der Waals surface area contributed by atoms with E-state index in [-0.39, 0.29) is 42.1 Å². The molecule has 3 heterocycles. The Labute approximate surface area is 230 Å². The van der Waals surface area contributed by atoms with Gasteiger partial charge in [0.05, 0.1) is 18.6 Å². The fourth-order valence-corrected chi connectivity index (χ4v) is 5.20. The van der Waals surface area contributed by atoms with Crippen LogP contribution in [0.25, 0.3) is 0 Å². The van der Waals surface area contributed by atoms with Gasteiger partial charge in [-0.1, -0.05) is 17.9 Å². The van der Waals surface area contributed by atoms with Crippen LogP contribution in [-0.4, -0.2) is 89.1 Å². The second-order valence-corrected chi connectivity index (χ2v) is 9.75.